The Labute approximate surface area is 226 Å². The summed E-state index contributed by atoms with van der Waals surface area (Å²) in [5.74, 6) is 1.59. The first-order valence-corrected chi connectivity index (χ1v) is 13.2. The number of carbonyl (C=O) groups is 2. The molecular formula is C29H31N7O3. The summed E-state index contributed by atoms with van der Waals surface area (Å²) in [7, 11) is 0. The Morgan fingerprint density at radius 3 is 2.56 bits per heavy atom. The first-order valence-electron chi connectivity index (χ1n) is 13.2. The van der Waals surface area contributed by atoms with Crippen molar-refractivity contribution in [2.45, 2.75) is 57.7 Å². The highest BCUT2D eigenvalue weighted by molar-refractivity contribution is 6.04. The van der Waals surface area contributed by atoms with Crippen LogP contribution in [0.4, 0.5) is 16.4 Å². The van der Waals surface area contributed by atoms with Crippen LogP contribution in [-0.4, -0.2) is 47.9 Å². The molecule has 10 nitrogen and oxygen atoms in total. The first kappa shape index (κ1) is 24.8. The maximum Gasteiger partial charge on any atom is 0.411 e. The summed E-state index contributed by atoms with van der Waals surface area (Å²) in [5.41, 5.74) is 8.39. The summed E-state index contributed by atoms with van der Waals surface area (Å²) in [6, 6.07) is 12.4. The average molecular weight is 526 g/mol. The number of ether oxygens (including phenoxy) is 1. The third-order valence-corrected chi connectivity index (χ3v) is 7.39. The van der Waals surface area contributed by atoms with Crippen LogP contribution < -0.4 is 11.1 Å². The Bertz CT molecular complexity index is 1540. The fraction of sp³-hybridized carbons (Fsp3) is 0.345. The summed E-state index contributed by atoms with van der Waals surface area (Å²) >= 11 is 0. The number of rotatable bonds is 4. The van der Waals surface area contributed by atoms with Crippen molar-refractivity contribution in [1.82, 2.24) is 24.3 Å². The molecule has 0 radical (unpaired) electrons. The fourth-order valence-electron chi connectivity index (χ4n) is 5.80. The number of imidazole rings is 1. The van der Waals surface area contributed by atoms with Gasteiger partial charge in [0, 0.05) is 35.8 Å². The molecule has 200 valence electrons. The number of piperidine rings is 1. The second kappa shape index (κ2) is 9.37. The number of nitrogens with zero attached hydrogens (tertiary/aromatic N) is 5. The Morgan fingerprint density at radius 1 is 1.05 bits per heavy atom. The molecule has 2 bridgehead atoms. The first-order chi connectivity index (χ1) is 18.7. The van der Waals surface area contributed by atoms with Gasteiger partial charge in [-0.2, -0.15) is 0 Å². The third kappa shape index (κ3) is 4.56. The van der Waals surface area contributed by atoms with E-state index in [1.165, 1.54) is 0 Å². The lowest BCUT2D eigenvalue weighted by Crippen LogP contribution is -2.43. The summed E-state index contributed by atoms with van der Waals surface area (Å²) in [6.45, 7) is 5.64. The highest BCUT2D eigenvalue weighted by atomic mass is 16.6. The van der Waals surface area contributed by atoms with Gasteiger partial charge >= 0.3 is 6.09 Å². The van der Waals surface area contributed by atoms with Gasteiger partial charge in [-0.15, -0.1) is 0 Å². The van der Waals surface area contributed by atoms with Crippen molar-refractivity contribution in [2.24, 2.45) is 5.92 Å². The van der Waals surface area contributed by atoms with E-state index in [0.29, 0.717) is 28.4 Å². The number of pyridine rings is 1. The number of hydrogen-bond donors (Lipinski definition) is 2. The Kier molecular flexibility index (Phi) is 5.97. The molecule has 0 unspecified atom stereocenters. The molecule has 3 atom stereocenters. The molecule has 2 amide bonds. The molecule has 3 N–H and O–H groups in total. The smallest absolute Gasteiger partial charge is 0.411 e. The molecule has 1 saturated heterocycles. The van der Waals surface area contributed by atoms with Crippen molar-refractivity contribution < 1.29 is 14.3 Å². The number of nitrogen functional groups attached to an aromatic ring is 1. The van der Waals surface area contributed by atoms with Crippen molar-refractivity contribution >= 4 is 29.2 Å². The molecule has 1 aromatic carbocycles. The summed E-state index contributed by atoms with van der Waals surface area (Å²) in [6.07, 6.45) is 7.71. The van der Waals surface area contributed by atoms with Gasteiger partial charge in [-0.25, -0.2) is 19.7 Å². The van der Waals surface area contributed by atoms with E-state index in [-0.39, 0.29) is 30.0 Å². The van der Waals surface area contributed by atoms with Crippen LogP contribution in [0.3, 0.4) is 0 Å². The van der Waals surface area contributed by atoms with E-state index >= 15 is 0 Å². The molecule has 1 aliphatic carbocycles. The quantitative estimate of drug-likeness (QED) is 0.380. The van der Waals surface area contributed by atoms with Crippen LogP contribution in [-0.2, 0) is 4.74 Å². The molecule has 0 spiro atoms. The van der Waals surface area contributed by atoms with Crippen LogP contribution in [0, 0.1) is 5.92 Å². The molecule has 1 aliphatic heterocycles. The number of aromatic nitrogens is 4. The number of fused-ring (bicyclic) bond motifs is 3. The van der Waals surface area contributed by atoms with Gasteiger partial charge in [0.15, 0.2) is 0 Å². The van der Waals surface area contributed by atoms with E-state index < -0.39 is 5.60 Å². The Balaban J connectivity index is 1.37. The van der Waals surface area contributed by atoms with Gasteiger partial charge in [0.1, 0.15) is 34.3 Å². The van der Waals surface area contributed by atoms with Gasteiger partial charge in [-0.05, 0) is 70.2 Å². The molecule has 2 aliphatic rings. The second-order valence-electron chi connectivity index (χ2n) is 11.2. The summed E-state index contributed by atoms with van der Waals surface area (Å²) < 4.78 is 7.75. The summed E-state index contributed by atoms with van der Waals surface area (Å²) in [4.78, 5) is 41.5. The summed E-state index contributed by atoms with van der Waals surface area (Å²) in [5, 5.41) is 2.80. The number of nitrogens with two attached hydrogens (primary N) is 1. The van der Waals surface area contributed by atoms with Crippen LogP contribution in [0.15, 0.2) is 61.1 Å². The van der Waals surface area contributed by atoms with Gasteiger partial charge in [-0.1, -0.05) is 18.2 Å². The van der Waals surface area contributed by atoms with E-state index in [1.54, 1.807) is 36.7 Å². The van der Waals surface area contributed by atoms with Crippen LogP contribution >= 0.6 is 0 Å². The lowest BCUT2D eigenvalue weighted by atomic mass is 9.98. The van der Waals surface area contributed by atoms with Gasteiger partial charge in [-0.3, -0.25) is 14.1 Å². The van der Waals surface area contributed by atoms with Crippen LogP contribution in [0.2, 0.25) is 0 Å². The predicted octanol–water partition coefficient (Wildman–Crippen LogP) is 5.09. The third-order valence-electron chi connectivity index (χ3n) is 7.39. The number of carbonyl (C=O) groups excluding carboxylic acids is 2. The van der Waals surface area contributed by atoms with E-state index in [2.05, 4.69) is 15.3 Å². The van der Waals surface area contributed by atoms with E-state index in [0.717, 1.165) is 30.7 Å². The lowest BCUT2D eigenvalue weighted by Gasteiger charge is -2.35. The van der Waals surface area contributed by atoms with Crippen LogP contribution in [0.1, 0.15) is 62.3 Å². The predicted molar refractivity (Wildman–Crippen MR) is 147 cm³/mol. The van der Waals surface area contributed by atoms with E-state index in [1.807, 2.05) is 54.5 Å². The second-order valence-corrected chi connectivity index (χ2v) is 11.2. The number of nitrogens with one attached hydrogen (secondary N) is 1. The standard InChI is InChI=1S/C29H31N7O3/c1-29(2,3)39-28(38)36-20-12-11-19(16-20)23(36)26-34-22(24-25(30)32-14-15-35(24)26)17-7-9-18(10-8-17)27(37)33-21-6-4-5-13-31-21/h4-10,13-15,19-20,23H,11-12,16H2,1-3H3,(H2,30,32)(H,31,33,37)/t19-,20-,23-/m0/s1. The number of anilines is 2. The largest absolute Gasteiger partial charge is 0.444 e. The highest BCUT2D eigenvalue weighted by Crippen LogP contribution is 2.51. The van der Waals surface area contributed by atoms with Crippen molar-refractivity contribution in [3.8, 4) is 11.3 Å². The monoisotopic (exact) mass is 525 g/mol. The van der Waals surface area contributed by atoms with Crippen LogP contribution in [0.5, 0.6) is 0 Å². The minimum Gasteiger partial charge on any atom is -0.444 e. The molecule has 10 heteroatoms. The van der Waals surface area contributed by atoms with Crippen molar-refractivity contribution in [3.63, 3.8) is 0 Å². The van der Waals surface area contributed by atoms with Crippen molar-refractivity contribution in [3.05, 3.63) is 72.4 Å². The minimum atomic E-state index is -0.595. The molecule has 4 aromatic rings. The van der Waals surface area contributed by atoms with Gasteiger partial charge in [0.2, 0.25) is 0 Å². The molecule has 1 saturated carbocycles. The van der Waals surface area contributed by atoms with Gasteiger partial charge in [0.05, 0.1) is 6.04 Å². The van der Waals surface area contributed by atoms with Crippen LogP contribution in [0.25, 0.3) is 16.8 Å². The topological polar surface area (TPSA) is 128 Å². The van der Waals surface area contributed by atoms with Gasteiger partial charge in [0.25, 0.3) is 5.91 Å². The Morgan fingerprint density at radius 2 is 1.85 bits per heavy atom. The van der Waals surface area contributed by atoms with Crippen molar-refractivity contribution in [2.75, 3.05) is 11.1 Å². The fourth-order valence-corrected chi connectivity index (χ4v) is 5.80. The number of hydrogen-bond acceptors (Lipinski definition) is 7. The Hall–Kier alpha value is -4.47. The zero-order valence-electron chi connectivity index (χ0n) is 22.2. The number of benzene rings is 1. The molecule has 3 aromatic heterocycles. The number of amides is 2. The maximum atomic E-state index is 13.3. The normalized spacial score (nSPS) is 20.4. The molecule has 4 heterocycles. The SMILES string of the molecule is CC(C)(C)OC(=O)N1[C@H]2CC[C@@H](C2)[C@H]1c1nc(-c2ccc(C(=O)Nc3ccccn3)cc2)c2c(N)nccn12. The molecular weight excluding hydrogens is 494 g/mol. The lowest BCUT2D eigenvalue weighted by molar-refractivity contribution is 0.00604. The highest BCUT2D eigenvalue weighted by Gasteiger charge is 2.51. The number of likely N-dealkylation sites (tertiary alicyclic amines) is 1. The molecule has 2 fully saturated rings. The van der Waals surface area contributed by atoms with E-state index in [9.17, 15) is 9.59 Å². The van der Waals surface area contributed by atoms with E-state index in [4.69, 9.17) is 15.5 Å². The van der Waals surface area contributed by atoms with Crippen molar-refractivity contribution in [1.29, 1.82) is 0 Å². The zero-order chi connectivity index (χ0) is 27.3. The zero-order valence-corrected chi connectivity index (χ0v) is 22.2. The molecule has 6 rings (SSSR count). The average Bonchev–Trinajstić information content (AvgIpc) is 3.62. The maximum absolute atomic E-state index is 13.3. The molecule has 39 heavy (non-hydrogen) atoms. The minimum absolute atomic E-state index is 0.127. The van der Waals surface area contributed by atoms with Gasteiger partial charge < -0.3 is 15.8 Å².